The number of hydrogen-bond acceptors (Lipinski definition) is 3. The van der Waals surface area contributed by atoms with Crippen LogP contribution in [0.2, 0.25) is 0 Å². The molecule has 2 aromatic rings. The van der Waals surface area contributed by atoms with Crippen LogP contribution in [0.4, 0.5) is 17.1 Å². The SMILES string of the molecule is CCCOc1cc(N)cc(Nc2cc(C)c(Br)c(C)c2)c1. The zero-order valence-corrected chi connectivity index (χ0v) is 14.3. The molecule has 0 amide bonds. The number of nitrogen functional groups attached to an aromatic ring is 1. The molecule has 2 aromatic carbocycles. The van der Waals surface area contributed by atoms with Crippen LogP contribution in [0.15, 0.2) is 34.8 Å². The lowest BCUT2D eigenvalue weighted by Crippen LogP contribution is -1.99. The second-order valence-corrected chi connectivity index (χ2v) is 5.98. The summed E-state index contributed by atoms with van der Waals surface area (Å²) >= 11 is 3.58. The maximum Gasteiger partial charge on any atom is 0.123 e. The van der Waals surface area contributed by atoms with E-state index in [9.17, 15) is 0 Å². The third-order valence-corrected chi connectivity index (χ3v) is 4.38. The van der Waals surface area contributed by atoms with Gasteiger partial charge in [0.1, 0.15) is 5.75 Å². The van der Waals surface area contributed by atoms with E-state index in [1.807, 2.05) is 18.2 Å². The van der Waals surface area contributed by atoms with Gasteiger partial charge in [-0.1, -0.05) is 22.9 Å². The number of aryl methyl sites for hydroxylation is 2. The van der Waals surface area contributed by atoms with Gasteiger partial charge in [-0.3, -0.25) is 0 Å². The fraction of sp³-hybridized carbons (Fsp3) is 0.294. The van der Waals surface area contributed by atoms with Crippen LogP contribution < -0.4 is 15.8 Å². The fourth-order valence-electron chi connectivity index (χ4n) is 2.18. The number of nitrogens with one attached hydrogen (secondary N) is 1. The van der Waals surface area contributed by atoms with Crippen LogP contribution >= 0.6 is 15.9 Å². The van der Waals surface area contributed by atoms with Gasteiger partial charge >= 0.3 is 0 Å². The molecule has 0 aliphatic rings. The summed E-state index contributed by atoms with van der Waals surface area (Å²) in [6.07, 6.45) is 0.975. The van der Waals surface area contributed by atoms with E-state index in [1.54, 1.807) is 0 Å². The first-order chi connectivity index (χ1) is 9.99. The molecule has 0 aliphatic carbocycles. The van der Waals surface area contributed by atoms with E-state index in [0.29, 0.717) is 12.3 Å². The first-order valence-corrected chi connectivity index (χ1v) is 7.86. The number of ether oxygens (including phenoxy) is 1. The molecule has 21 heavy (non-hydrogen) atoms. The summed E-state index contributed by atoms with van der Waals surface area (Å²) in [4.78, 5) is 0. The summed E-state index contributed by atoms with van der Waals surface area (Å²) in [5.41, 5.74) is 11.0. The molecule has 0 bridgehead atoms. The Labute approximate surface area is 134 Å². The van der Waals surface area contributed by atoms with Crippen molar-refractivity contribution in [3.63, 3.8) is 0 Å². The van der Waals surface area contributed by atoms with Crippen LogP contribution in [-0.2, 0) is 0 Å². The number of anilines is 3. The van der Waals surface area contributed by atoms with Crippen molar-refractivity contribution in [2.45, 2.75) is 27.2 Å². The highest BCUT2D eigenvalue weighted by Gasteiger charge is 2.05. The zero-order valence-electron chi connectivity index (χ0n) is 12.7. The van der Waals surface area contributed by atoms with E-state index in [2.05, 4.69) is 54.2 Å². The summed E-state index contributed by atoms with van der Waals surface area (Å²) in [6.45, 7) is 6.94. The van der Waals surface area contributed by atoms with Crippen molar-refractivity contribution in [3.8, 4) is 5.75 Å². The van der Waals surface area contributed by atoms with Gasteiger partial charge in [0, 0.05) is 33.7 Å². The molecule has 0 unspecified atom stereocenters. The molecule has 0 saturated carbocycles. The van der Waals surface area contributed by atoms with Crippen molar-refractivity contribution in [2.24, 2.45) is 0 Å². The van der Waals surface area contributed by atoms with Gasteiger partial charge in [-0.25, -0.2) is 0 Å². The first-order valence-electron chi connectivity index (χ1n) is 7.06. The molecule has 0 spiro atoms. The molecular weight excluding hydrogens is 328 g/mol. The third kappa shape index (κ3) is 4.14. The smallest absolute Gasteiger partial charge is 0.123 e. The minimum atomic E-state index is 0.691. The van der Waals surface area contributed by atoms with Crippen LogP contribution in [0.25, 0.3) is 0 Å². The lowest BCUT2D eigenvalue weighted by Gasteiger charge is -2.13. The minimum Gasteiger partial charge on any atom is -0.493 e. The summed E-state index contributed by atoms with van der Waals surface area (Å²) in [5.74, 6) is 0.796. The van der Waals surface area contributed by atoms with Crippen LogP contribution in [0.1, 0.15) is 24.5 Å². The molecule has 2 rings (SSSR count). The Morgan fingerprint density at radius 2 is 1.67 bits per heavy atom. The van der Waals surface area contributed by atoms with Crippen LogP contribution in [0.3, 0.4) is 0 Å². The molecule has 0 atom stereocenters. The summed E-state index contributed by atoms with van der Waals surface area (Å²) in [6, 6.07) is 9.93. The molecule has 0 fully saturated rings. The fourth-order valence-corrected chi connectivity index (χ4v) is 2.41. The van der Waals surface area contributed by atoms with E-state index in [0.717, 1.165) is 28.0 Å². The van der Waals surface area contributed by atoms with Crippen molar-refractivity contribution in [1.29, 1.82) is 0 Å². The summed E-state index contributed by atoms with van der Waals surface area (Å²) < 4.78 is 6.80. The lowest BCUT2D eigenvalue weighted by molar-refractivity contribution is 0.318. The average molecular weight is 349 g/mol. The van der Waals surface area contributed by atoms with Gasteiger partial charge in [0.2, 0.25) is 0 Å². The molecule has 0 saturated heterocycles. The topological polar surface area (TPSA) is 47.3 Å². The van der Waals surface area contributed by atoms with Crippen molar-refractivity contribution < 1.29 is 4.74 Å². The number of benzene rings is 2. The molecule has 3 nitrogen and oxygen atoms in total. The quantitative estimate of drug-likeness (QED) is 0.731. The van der Waals surface area contributed by atoms with E-state index in [1.165, 1.54) is 11.1 Å². The molecular formula is C17H21BrN2O. The molecule has 4 heteroatoms. The molecule has 0 radical (unpaired) electrons. The van der Waals surface area contributed by atoms with E-state index in [4.69, 9.17) is 10.5 Å². The normalized spacial score (nSPS) is 10.5. The summed E-state index contributed by atoms with van der Waals surface area (Å²) in [5, 5.41) is 3.39. The third-order valence-electron chi connectivity index (χ3n) is 3.13. The largest absolute Gasteiger partial charge is 0.493 e. The maximum atomic E-state index is 5.94. The Balaban J connectivity index is 2.24. The van der Waals surface area contributed by atoms with Gasteiger partial charge in [0.05, 0.1) is 6.61 Å². The maximum absolute atomic E-state index is 5.94. The Hall–Kier alpha value is -1.68. The standard InChI is InChI=1S/C17H21BrN2O/c1-4-5-21-16-9-13(19)8-15(10-16)20-14-6-11(2)17(18)12(3)7-14/h6-10,20H,4-5,19H2,1-3H3. The molecule has 0 heterocycles. The Kier molecular flexibility index (Phi) is 5.12. The van der Waals surface area contributed by atoms with Crippen molar-refractivity contribution >= 4 is 33.0 Å². The number of halogens is 1. The number of rotatable bonds is 5. The minimum absolute atomic E-state index is 0.691. The van der Waals surface area contributed by atoms with Gasteiger partial charge in [-0.2, -0.15) is 0 Å². The van der Waals surface area contributed by atoms with Crippen molar-refractivity contribution in [2.75, 3.05) is 17.7 Å². The highest BCUT2D eigenvalue weighted by molar-refractivity contribution is 9.10. The molecule has 0 aliphatic heterocycles. The van der Waals surface area contributed by atoms with Crippen LogP contribution in [-0.4, -0.2) is 6.61 Å². The second kappa shape index (κ2) is 6.85. The lowest BCUT2D eigenvalue weighted by atomic mass is 10.1. The Morgan fingerprint density at radius 3 is 2.29 bits per heavy atom. The van der Waals surface area contributed by atoms with Crippen LogP contribution in [0.5, 0.6) is 5.75 Å². The highest BCUT2D eigenvalue weighted by atomic mass is 79.9. The Bertz CT molecular complexity index is 618. The average Bonchev–Trinajstić information content (AvgIpc) is 2.42. The monoisotopic (exact) mass is 348 g/mol. The highest BCUT2D eigenvalue weighted by Crippen LogP contribution is 2.29. The molecule has 3 N–H and O–H groups in total. The first kappa shape index (κ1) is 15.7. The predicted molar refractivity (Wildman–Crippen MR) is 93.5 cm³/mol. The van der Waals surface area contributed by atoms with E-state index in [-0.39, 0.29) is 0 Å². The summed E-state index contributed by atoms with van der Waals surface area (Å²) in [7, 11) is 0. The van der Waals surface area contributed by atoms with Gasteiger partial charge in [0.25, 0.3) is 0 Å². The van der Waals surface area contributed by atoms with Gasteiger partial charge in [-0.05, 0) is 49.6 Å². The van der Waals surface area contributed by atoms with E-state index >= 15 is 0 Å². The number of hydrogen-bond donors (Lipinski definition) is 2. The van der Waals surface area contributed by atoms with Crippen molar-refractivity contribution in [1.82, 2.24) is 0 Å². The van der Waals surface area contributed by atoms with E-state index < -0.39 is 0 Å². The van der Waals surface area contributed by atoms with Gasteiger partial charge in [0.15, 0.2) is 0 Å². The van der Waals surface area contributed by atoms with Crippen LogP contribution in [0, 0.1) is 13.8 Å². The van der Waals surface area contributed by atoms with Gasteiger partial charge in [-0.15, -0.1) is 0 Å². The second-order valence-electron chi connectivity index (χ2n) is 5.19. The van der Waals surface area contributed by atoms with Gasteiger partial charge < -0.3 is 15.8 Å². The molecule has 112 valence electrons. The predicted octanol–water partition coefficient (Wildman–Crippen LogP) is 5.18. The Morgan fingerprint density at radius 1 is 1.05 bits per heavy atom. The van der Waals surface area contributed by atoms with Crippen molar-refractivity contribution in [3.05, 3.63) is 45.9 Å². The molecule has 0 aromatic heterocycles. The number of nitrogens with two attached hydrogens (primary N) is 1. The zero-order chi connectivity index (χ0) is 15.4.